The van der Waals surface area contributed by atoms with E-state index >= 15 is 0 Å². The second-order valence-corrected chi connectivity index (χ2v) is 3.29. The van der Waals surface area contributed by atoms with Gasteiger partial charge in [0.05, 0.1) is 0 Å². The predicted octanol–water partition coefficient (Wildman–Crippen LogP) is 0.733. The predicted molar refractivity (Wildman–Crippen MR) is 58.4 cm³/mol. The summed E-state index contributed by atoms with van der Waals surface area (Å²) in [5, 5.41) is 18.3. The van der Waals surface area contributed by atoms with E-state index in [9.17, 15) is 9.70 Å². The zero-order valence-corrected chi connectivity index (χ0v) is 8.38. The van der Waals surface area contributed by atoms with Gasteiger partial charge in [-0.25, -0.2) is 0 Å². The first-order valence-electron chi connectivity index (χ1n) is 4.54. The van der Waals surface area contributed by atoms with Gasteiger partial charge in [0, 0.05) is 5.56 Å². The summed E-state index contributed by atoms with van der Waals surface area (Å²) in [5.41, 5.74) is 6.37. The van der Waals surface area contributed by atoms with Crippen molar-refractivity contribution in [2.45, 2.75) is 12.5 Å². The Labute approximate surface area is 91.6 Å². The minimum absolute atomic E-state index is 0.148. The molecule has 4 N–H and O–H groups in total. The van der Waals surface area contributed by atoms with Gasteiger partial charge in [-0.1, -0.05) is 18.2 Å². The van der Waals surface area contributed by atoms with Crippen molar-refractivity contribution < 1.29 is 9.90 Å². The molecular weight excluding hydrogens is 210 g/mol. The highest BCUT2D eigenvalue weighted by atomic mass is 16.4. The molecule has 0 amide bonds. The van der Waals surface area contributed by atoms with Crippen molar-refractivity contribution in [1.82, 2.24) is 0 Å². The lowest BCUT2D eigenvalue weighted by Crippen LogP contribution is -2.32. The maximum Gasteiger partial charge on any atom is 0.320 e. The van der Waals surface area contributed by atoms with Crippen LogP contribution in [0.2, 0.25) is 0 Å². The van der Waals surface area contributed by atoms with Crippen LogP contribution in [0.3, 0.4) is 0 Å². The van der Waals surface area contributed by atoms with Gasteiger partial charge in [-0.15, -0.1) is 4.91 Å². The van der Waals surface area contributed by atoms with E-state index in [0.717, 1.165) is 0 Å². The van der Waals surface area contributed by atoms with Crippen molar-refractivity contribution in [3.05, 3.63) is 40.3 Å². The summed E-state index contributed by atoms with van der Waals surface area (Å²) in [4.78, 5) is 20.7. The molecule has 1 unspecified atom stereocenters. The fourth-order valence-electron chi connectivity index (χ4n) is 1.24. The number of carboxylic acids is 1. The van der Waals surface area contributed by atoms with Crippen molar-refractivity contribution >= 4 is 11.8 Å². The minimum Gasteiger partial charge on any atom is -0.480 e. The third kappa shape index (κ3) is 2.96. The Bertz CT molecular complexity index is 431. The molecule has 0 spiro atoms. The van der Waals surface area contributed by atoms with Crippen LogP contribution in [0, 0.1) is 10.3 Å². The van der Waals surface area contributed by atoms with Crippen LogP contribution in [0.5, 0.6) is 0 Å². The first-order valence-corrected chi connectivity index (χ1v) is 4.54. The second kappa shape index (κ2) is 5.13. The maximum absolute atomic E-state index is 10.5. The molecule has 1 rings (SSSR count). The zero-order valence-electron chi connectivity index (χ0n) is 8.38. The smallest absolute Gasteiger partial charge is 0.320 e. The number of aliphatic carboxylic acids is 1. The average Bonchev–Trinajstić information content (AvgIpc) is 2.28. The first kappa shape index (κ1) is 12.0. The van der Waals surface area contributed by atoms with Crippen LogP contribution < -0.4 is 5.73 Å². The highest BCUT2D eigenvalue weighted by molar-refractivity contribution is 5.97. The number of nitrogens with zero attached hydrogens (tertiary/aromatic N) is 1. The standard InChI is InChI=1S/C10H11N3O3/c11-8(10(14)15)5-6-2-1-3-7(4-6)9(12)13-16/h1-4,8,12H,5,11H2,(H,14,15). The lowest BCUT2D eigenvalue weighted by atomic mass is 10.0. The van der Waals surface area contributed by atoms with Gasteiger partial charge >= 0.3 is 5.97 Å². The third-order valence-electron chi connectivity index (χ3n) is 2.06. The van der Waals surface area contributed by atoms with Gasteiger partial charge in [-0.3, -0.25) is 10.2 Å². The van der Waals surface area contributed by atoms with E-state index in [2.05, 4.69) is 5.18 Å². The van der Waals surface area contributed by atoms with Crippen LogP contribution in [0.25, 0.3) is 0 Å². The van der Waals surface area contributed by atoms with Crippen molar-refractivity contribution in [2.24, 2.45) is 10.9 Å². The number of nitrogens with one attached hydrogen (secondary N) is 1. The van der Waals surface area contributed by atoms with Gasteiger partial charge in [-0.05, 0) is 23.2 Å². The molecule has 1 atom stereocenters. The van der Waals surface area contributed by atoms with E-state index in [0.29, 0.717) is 11.1 Å². The summed E-state index contributed by atoms with van der Waals surface area (Å²) in [5.74, 6) is -1.47. The molecule has 6 heteroatoms. The molecule has 16 heavy (non-hydrogen) atoms. The lowest BCUT2D eigenvalue weighted by molar-refractivity contribution is -0.138. The lowest BCUT2D eigenvalue weighted by Gasteiger charge is -2.07. The van der Waals surface area contributed by atoms with Crippen LogP contribution >= 0.6 is 0 Å². The Morgan fingerprint density at radius 2 is 2.25 bits per heavy atom. The Morgan fingerprint density at radius 1 is 1.56 bits per heavy atom. The van der Waals surface area contributed by atoms with Gasteiger partial charge in [0.25, 0.3) is 0 Å². The molecule has 0 aromatic heterocycles. The largest absolute Gasteiger partial charge is 0.480 e. The number of carboxylic acid groups (broad SMARTS) is 1. The van der Waals surface area contributed by atoms with Crippen LogP contribution in [0.1, 0.15) is 11.1 Å². The van der Waals surface area contributed by atoms with Crippen molar-refractivity contribution in [1.29, 1.82) is 5.41 Å². The molecule has 0 bridgehead atoms. The monoisotopic (exact) mass is 221 g/mol. The SMILES string of the molecule is N=C(N=O)c1cccc(CC(N)C(=O)O)c1. The van der Waals surface area contributed by atoms with Gasteiger partial charge in [0.15, 0.2) is 5.84 Å². The van der Waals surface area contributed by atoms with Crippen LogP contribution in [0.4, 0.5) is 0 Å². The number of benzene rings is 1. The van der Waals surface area contributed by atoms with E-state index in [1.807, 2.05) is 0 Å². The van der Waals surface area contributed by atoms with Crippen molar-refractivity contribution in [2.75, 3.05) is 0 Å². The average molecular weight is 221 g/mol. The number of carbonyl (C=O) groups is 1. The van der Waals surface area contributed by atoms with E-state index < -0.39 is 12.0 Å². The van der Waals surface area contributed by atoms with Crippen molar-refractivity contribution in [3.63, 3.8) is 0 Å². The minimum atomic E-state index is -1.09. The fourth-order valence-corrected chi connectivity index (χ4v) is 1.24. The number of nitrogens with two attached hydrogens (primary N) is 1. The normalized spacial score (nSPS) is 11.8. The third-order valence-corrected chi connectivity index (χ3v) is 2.06. The Balaban J connectivity index is 2.86. The van der Waals surface area contributed by atoms with E-state index in [-0.39, 0.29) is 12.3 Å². The zero-order chi connectivity index (χ0) is 12.1. The summed E-state index contributed by atoms with van der Waals surface area (Å²) in [6.07, 6.45) is 0.148. The number of hydrogen-bond acceptors (Lipinski definition) is 4. The summed E-state index contributed by atoms with van der Waals surface area (Å²) in [7, 11) is 0. The summed E-state index contributed by atoms with van der Waals surface area (Å²) < 4.78 is 0. The van der Waals surface area contributed by atoms with E-state index in [4.69, 9.17) is 16.2 Å². The molecule has 1 aromatic carbocycles. The number of amidine groups is 1. The number of hydrogen-bond donors (Lipinski definition) is 3. The highest BCUT2D eigenvalue weighted by Crippen LogP contribution is 2.08. The van der Waals surface area contributed by atoms with E-state index in [1.54, 1.807) is 18.2 Å². The van der Waals surface area contributed by atoms with Gasteiger partial charge in [0.1, 0.15) is 6.04 Å². The second-order valence-electron chi connectivity index (χ2n) is 3.29. The first-order chi connectivity index (χ1) is 7.54. The van der Waals surface area contributed by atoms with E-state index in [1.165, 1.54) is 6.07 Å². The molecule has 0 radical (unpaired) electrons. The molecular formula is C10H11N3O3. The summed E-state index contributed by atoms with van der Waals surface area (Å²) in [6, 6.07) is 5.41. The van der Waals surface area contributed by atoms with Crippen LogP contribution in [-0.4, -0.2) is 23.0 Å². The maximum atomic E-state index is 10.5. The molecule has 6 nitrogen and oxygen atoms in total. The highest BCUT2D eigenvalue weighted by Gasteiger charge is 2.12. The molecule has 0 saturated heterocycles. The molecule has 0 heterocycles. The summed E-state index contributed by atoms with van der Waals surface area (Å²) in [6.45, 7) is 0. The quantitative estimate of drug-likeness (QED) is 0.394. The molecule has 0 aliphatic carbocycles. The van der Waals surface area contributed by atoms with Gasteiger partial charge in [-0.2, -0.15) is 0 Å². The van der Waals surface area contributed by atoms with Crippen LogP contribution in [0.15, 0.2) is 29.4 Å². The Hall–Kier alpha value is -2.08. The Kier molecular flexibility index (Phi) is 3.84. The molecule has 84 valence electrons. The summed E-state index contributed by atoms with van der Waals surface area (Å²) >= 11 is 0. The molecule has 1 aromatic rings. The van der Waals surface area contributed by atoms with Gasteiger partial charge in [0.2, 0.25) is 0 Å². The molecule has 0 aliphatic rings. The number of rotatable bonds is 4. The fraction of sp³-hybridized carbons (Fsp3) is 0.200. The molecule has 0 fully saturated rings. The molecule has 0 saturated carbocycles. The van der Waals surface area contributed by atoms with Crippen molar-refractivity contribution in [3.8, 4) is 0 Å². The number of nitroso groups, excluding NO2 is 1. The Morgan fingerprint density at radius 3 is 2.81 bits per heavy atom. The topological polar surface area (TPSA) is 117 Å². The van der Waals surface area contributed by atoms with Crippen LogP contribution in [-0.2, 0) is 11.2 Å². The van der Waals surface area contributed by atoms with Gasteiger partial charge < -0.3 is 10.8 Å². The molecule has 0 aliphatic heterocycles.